The summed E-state index contributed by atoms with van der Waals surface area (Å²) in [7, 11) is 0. The number of hydrogen-bond donors (Lipinski definition) is 0. The zero-order chi connectivity index (χ0) is 19.6. The Labute approximate surface area is 169 Å². The van der Waals surface area contributed by atoms with E-state index in [4.69, 9.17) is 4.98 Å². The summed E-state index contributed by atoms with van der Waals surface area (Å²) in [5, 5.41) is 2.32. The average molecular weight is 373 g/mol. The van der Waals surface area contributed by atoms with Crippen molar-refractivity contribution in [3.8, 4) is 33.9 Å². The van der Waals surface area contributed by atoms with E-state index in [-0.39, 0.29) is 0 Å². The topological polar surface area (TPSA) is 38.7 Å². The normalized spacial score (nSPS) is 10.9. The highest BCUT2D eigenvalue weighted by atomic mass is 15.0. The van der Waals surface area contributed by atoms with Crippen LogP contribution in [0.2, 0.25) is 0 Å². The van der Waals surface area contributed by atoms with Crippen LogP contribution in [0.3, 0.4) is 0 Å². The molecule has 3 heteroatoms. The molecule has 4 aromatic carbocycles. The number of aryl methyl sites for hydroxylation is 1. The van der Waals surface area contributed by atoms with Crippen molar-refractivity contribution in [3.05, 3.63) is 103 Å². The molecule has 0 saturated carbocycles. The molecular weight excluding hydrogens is 354 g/mol. The van der Waals surface area contributed by atoms with Crippen LogP contribution < -0.4 is 0 Å². The Hall–Kier alpha value is -3.85. The van der Waals surface area contributed by atoms with Gasteiger partial charge in [-0.05, 0) is 28.8 Å². The molecule has 0 spiro atoms. The maximum atomic E-state index is 4.89. The Morgan fingerprint density at radius 1 is 0.483 bits per heavy atom. The molecule has 1 aromatic heterocycles. The van der Waals surface area contributed by atoms with Gasteiger partial charge < -0.3 is 0 Å². The van der Waals surface area contributed by atoms with E-state index in [1.807, 2.05) is 55.5 Å². The predicted octanol–water partition coefficient (Wildman–Crippen LogP) is 6.33. The fourth-order valence-corrected chi connectivity index (χ4v) is 3.69. The summed E-state index contributed by atoms with van der Waals surface area (Å²) < 4.78 is 0. The minimum atomic E-state index is 0.694. The SMILES string of the molecule is Cc1nc(-c2ccccc2-c2ccccc2)nc(-c2cccc3ccccc23)n1. The molecular formula is C26H19N3. The Bertz CT molecular complexity index is 1300. The average Bonchev–Trinajstić information content (AvgIpc) is 2.79. The molecule has 0 atom stereocenters. The van der Waals surface area contributed by atoms with Crippen LogP contribution in [-0.4, -0.2) is 15.0 Å². The van der Waals surface area contributed by atoms with Crippen LogP contribution in [0.4, 0.5) is 0 Å². The van der Waals surface area contributed by atoms with Gasteiger partial charge in [-0.3, -0.25) is 0 Å². The summed E-state index contributed by atoms with van der Waals surface area (Å²) in [4.78, 5) is 14.2. The van der Waals surface area contributed by atoms with E-state index in [1.165, 1.54) is 5.39 Å². The molecule has 0 fully saturated rings. The van der Waals surface area contributed by atoms with Crippen molar-refractivity contribution in [2.45, 2.75) is 6.92 Å². The van der Waals surface area contributed by atoms with E-state index in [0.29, 0.717) is 17.5 Å². The third-order valence-electron chi connectivity index (χ3n) is 5.03. The van der Waals surface area contributed by atoms with E-state index in [9.17, 15) is 0 Å². The van der Waals surface area contributed by atoms with E-state index < -0.39 is 0 Å². The van der Waals surface area contributed by atoms with Gasteiger partial charge in [0.1, 0.15) is 5.82 Å². The first-order valence-electron chi connectivity index (χ1n) is 9.65. The van der Waals surface area contributed by atoms with Crippen LogP contribution in [0, 0.1) is 6.92 Å². The standard InChI is InChI=1S/C26H19N3/c1-18-27-25(23-16-8-7-15-21(23)19-10-3-2-4-11-19)29-26(28-18)24-17-9-13-20-12-5-6-14-22(20)24/h2-17H,1H3. The zero-order valence-corrected chi connectivity index (χ0v) is 16.1. The summed E-state index contributed by atoms with van der Waals surface area (Å²) >= 11 is 0. The van der Waals surface area contributed by atoms with Gasteiger partial charge >= 0.3 is 0 Å². The second kappa shape index (κ2) is 7.28. The molecule has 0 saturated heterocycles. The largest absolute Gasteiger partial charge is 0.213 e. The molecule has 0 unspecified atom stereocenters. The number of aromatic nitrogens is 3. The summed E-state index contributed by atoms with van der Waals surface area (Å²) in [6.07, 6.45) is 0. The highest BCUT2D eigenvalue weighted by molar-refractivity contribution is 5.95. The minimum Gasteiger partial charge on any atom is -0.213 e. The maximum absolute atomic E-state index is 4.89. The van der Waals surface area contributed by atoms with Gasteiger partial charge in [0.25, 0.3) is 0 Å². The van der Waals surface area contributed by atoms with Crippen molar-refractivity contribution >= 4 is 10.8 Å². The molecule has 0 amide bonds. The van der Waals surface area contributed by atoms with Crippen molar-refractivity contribution in [3.63, 3.8) is 0 Å². The van der Waals surface area contributed by atoms with Crippen molar-refractivity contribution in [2.24, 2.45) is 0 Å². The monoisotopic (exact) mass is 373 g/mol. The lowest BCUT2D eigenvalue weighted by atomic mass is 9.99. The summed E-state index contributed by atoms with van der Waals surface area (Å²) in [6.45, 7) is 1.92. The van der Waals surface area contributed by atoms with Gasteiger partial charge in [0.2, 0.25) is 0 Å². The molecule has 0 bridgehead atoms. The number of rotatable bonds is 3. The molecule has 0 N–H and O–H groups in total. The van der Waals surface area contributed by atoms with Gasteiger partial charge in [-0.15, -0.1) is 0 Å². The molecule has 1 heterocycles. The third-order valence-corrected chi connectivity index (χ3v) is 5.03. The lowest BCUT2D eigenvalue weighted by Crippen LogP contribution is -2.00. The first-order chi connectivity index (χ1) is 14.3. The second-order valence-electron chi connectivity index (χ2n) is 6.97. The molecule has 138 valence electrons. The zero-order valence-electron chi connectivity index (χ0n) is 16.1. The van der Waals surface area contributed by atoms with E-state index in [1.54, 1.807) is 0 Å². The lowest BCUT2D eigenvalue weighted by molar-refractivity contribution is 0.993. The Balaban J connectivity index is 1.71. The van der Waals surface area contributed by atoms with Crippen molar-refractivity contribution in [1.82, 2.24) is 15.0 Å². The van der Waals surface area contributed by atoms with Gasteiger partial charge in [-0.2, -0.15) is 0 Å². The van der Waals surface area contributed by atoms with Gasteiger partial charge in [0.05, 0.1) is 0 Å². The number of fused-ring (bicyclic) bond motifs is 1. The van der Waals surface area contributed by atoms with Crippen LogP contribution in [0.25, 0.3) is 44.7 Å². The number of hydrogen-bond acceptors (Lipinski definition) is 3. The molecule has 0 aliphatic heterocycles. The predicted molar refractivity (Wildman–Crippen MR) is 118 cm³/mol. The van der Waals surface area contributed by atoms with Crippen molar-refractivity contribution in [2.75, 3.05) is 0 Å². The first kappa shape index (κ1) is 17.3. The van der Waals surface area contributed by atoms with Crippen molar-refractivity contribution < 1.29 is 0 Å². The lowest BCUT2D eigenvalue weighted by Gasteiger charge is -2.11. The molecule has 29 heavy (non-hydrogen) atoms. The van der Waals surface area contributed by atoms with Crippen LogP contribution in [-0.2, 0) is 0 Å². The molecule has 0 aliphatic rings. The molecule has 0 radical (unpaired) electrons. The first-order valence-corrected chi connectivity index (χ1v) is 9.65. The van der Waals surface area contributed by atoms with Gasteiger partial charge in [-0.1, -0.05) is 97.1 Å². The Morgan fingerprint density at radius 3 is 1.90 bits per heavy atom. The maximum Gasteiger partial charge on any atom is 0.164 e. The smallest absolute Gasteiger partial charge is 0.164 e. The van der Waals surface area contributed by atoms with E-state index >= 15 is 0 Å². The van der Waals surface area contributed by atoms with E-state index in [0.717, 1.165) is 27.6 Å². The van der Waals surface area contributed by atoms with Gasteiger partial charge in [-0.25, -0.2) is 15.0 Å². The number of benzene rings is 4. The highest BCUT2D eigenvalue weighted by Crippen LogP contribution is 2.32. The van der Waals surface area contributed by atoms with Gasteiger partial charge in [0, 0.05) is 11.1 Å². The molecule has 5 rings (SSSR count). The van der Waals surface area contributed by atoms with Crippen LogP contribution in [0.15, 0.2) is 97.1 Å². The Kier molecular flexibility index (Phi) is 4.34. The molecule has 0 aliphatic carbocycles. The minimum absolute atomic E-state index is 0.694. The summed E-state index contributed by atoms with van der Waals surface area (Å²) in [6, 6.07) is 33.2. The summed E-state index contributed by atoms with van der Waals surface area (Å²) in [5.74, 6) is 2.10. The fraction of sp³-hybridized carbons (Fsp3) is 0.0385. The van der Waals surface area contributed by atoms with E-state index in [2.05, 4.69) is 58.5 Å². The molecule has 5 aromatic rings. The highest BCUT2D eigenvalue weighted by Gasteiger charge is 2.14. The fourth-order valence-electron chi connectivity index (χ4n) is 3.69. The quantitative estimate of drug-likeness (QED) is 0.371. The Morgan fingerprint density at radius 2 is 1.07 bits per heavy atom. The molecule has 3 nitrogen and oxygen atoms in total. The third kappa shape index (κ3) is 3.27. The summed E-state index contributed by atoms with van der Waals surface area (Å²) in [5.41, 5.74) is 4.29. The van der Waals surface area contributed by atoms with Crippen LogP contribution >= 0.6 is 0 Å². The van der Waals surface area contributed by atoms with Gasteiger partial charge in [0.15, 0.2) is 11.6 Å². The van der Waals surface area contributed by atoms with Crippen LogP contribution in [0.1, 0.15) is 5.82 Å². The van der Waals surface area contributed by atoms with Crippen molar-refractivity contribution in [1.29, 1.82) is 0 Å². The second-order valence-corrected chi connectivity index (χ2v) is 6.97. The number of nitrogens with zero attached hydrogens (tertiary/aromatic N) is 3. The van der Waals surface area contributed by atoms with Crippen LogP contribution in [0.5, 0.6) is 0 Å².